The highest BCUT2D eigenvalue weighted by atomic mass is 79.9. The van der Waals surface area contributed by atoms with E-state index < -0.39 is 0 Å². The zero-order chi connectivity index (χ0) is 12.7. The first-order chi connectivity index (χ1) is 8.19. The quantitative estimate of drug-likeness (QED) is 0.773. The smallest absolute Gasteiger partial charge is 0.0592 e. The van der Waals surface area contributed by atoms with E-state index in [1.54, 1.807) is 0 Å². The zero-order valence-electron chi connectivity index (χ0n) is 10.5. The van der Waals surface area contributed by atoms with E-state index in [0.717, 1.165) is 47.8 Å². The van der Waals surface area contributed by atoms with Crippen molar-refractivity contribution in [2.75, 3.05) is 26.2 Å². The van der Waals surface area contributed by atoms with Crippen molar-refractivity contribution >= 4 is 27.5 Å². The van der Waals surface area contributed by atoms with E-state index in [-0.39, 0.29) is 0 Å². The van der Waals surface area contributed by atoms with Gasteiger partial charge in [0, 0.05) is 24.1 Å². The predicted molar refractivity (Wildman–Crippen MR) is 78.6 cm³/mol. The van der Waals surface area contributed by atoms with E-state index in [4.69, 9.17) is 11.6 Å². The molecule has 1 rings (SSSR count). The normalized spacial score (nSPS) is 11.1. The van der Waals surface area contributed by atoms with Gasteiger partial charge in [0.05, 0.1) is 5.02 Å². The lowest BCUT2D eigenvalue weighted by molar-refractivity contribution is 0.302. The average Bonchev–Trinajstić information content (AvgIpc) is 2.34. The molecule has 4 heteroatoms. The van der Waals surface area contributed by atoms with Crippen LogP contribution in [0, 0.1) is 0 Å². The Labute approximate surface area is 117 Å². The summed E-state index contributed by atoms with van der Waals surface area (Å²) in [6, 6.07) is 6.02. The van der Waals surface area contributed by atoms with Gasteiger partial charge in [0.2, 0.25) is 0 Å². The van der Waals surface area contributed by atoms with Gasteiger partial charge in [-0.3, -0.25) is 0 Å². The summed E-state index contributed by atoms with van der Waals surface area (Å²) in [5, 5.41) is 4.23. The number of hydrogen-bond acceptors (Lipinski definition) is 2. The fraction of sp³-hybridized carbons (Fsp3) is 0.538. The Morgan fingerprint density at radius 1 is 1.29 bits per heavy atom. The second-order valence-corrected chi connectivity index (χ2v) is 5.15. The molecule has 0 aromatic heterocycles. The molecule has 0 amide bonds. The molecule has 17 heavy (non-hydrogen) atoms. The summed E-state index contributed by atoms with van der Waals surface area (Å²) in [6.07, 6.45) is 0. The summed E-state index contributed by atoms with van der Waals surface area (Å²) in [5.41, 5.74) is 1.14. The van der Waals surface area contributed by atoms with Crippen LogP contribution in [-0.4, -0.2) is 31.1 Å². The second-order valence-electron chi connectivity index (χ2n) is 3.92. The molecular weight excluding hydrogens is 300 g/mol. The lowest BCUT2D eigenvalue weighted by Gasteiger charge is -2.18. The van der Waals surface area contributed by atoms with Crippen molar-refractivity contribution in [3.63, 3.8) is 0 Å². The SMILES string of the molecule is CCN(CC)CCNCc1cccc(Br)c1Cl. The molecule has 0 heterocycles. The first-order valence-electron chi connectivity index (χ1n) is 6.05. The van der Waals surface area contributed by atoms with Crippen LogP contribution in [0.5, 0.6) is 0 Å². The molecule has 0 saturated carbocycles. The minimum Gasteiger partial charge on any atom is -0.311 e. The zero-order valence-corrected chi connectivity index (χ0v) is 12.8. The number of likely N-dealkylation sites (N-methyl/N-ethyl adjacent to an activating group) is 1. The van der Waals surface area contributed by atoms with Crippen LogP contribution in [0.3, 0.4) is 0 Å². The number of benzene rings is 1. The van der Waals surface area contributed by atoms with Crippen LogP contribution in [0.4, 0.5) is 0 Å². The summed E-state index contributed by atoms with van der Waals surface area (Å²) in [6.45, 7) is 9.48. The van der Waals surface area contributed by atoms with Gasteiger partial charge in [0.15, 0.2) is 0 Å². The molecule has 1 aromatic rings. The van der Waals surface area contributed by atoms with Gasteiger partial charge in [-0.1, -0.05) is 37.6 Å². The van der Waals surface area contributed by atoms with Gasteiger partial charge in [-0.2, -0.15) is 0 Å². The van der Waals surface area contributed by atoms with Crippen molar-refractivity contribution in [2.45, 2.75) is 20.4 Å². The second kappa shape index (κ2) is 8.09. The Hall–Kier alpha value is -0.0900. The number of rotatable bonds is 7. The van der Waals surface area contributed by atoms with Crippen LogP contribution in [0.1, 0.15) is 19.4 Å². The molecule has 1 N–H and O–H groups in total. The highest BCUT2D eigenvalue weighted by molar-refractivity contribution is 9.10. The average molecular weight is 320 g/mol. The Morgan fingerprint density at radius 2 is 2.00 bits per heavy atom. The van der Waals surface area contributed by atoms with Crippen molar-refractivity contribution < 1.29 is 0 Å². The number of hydrogen-bond donors (Lipinski definition) is 1. The minimum atomic E-state index is 0.808. The summed E-state index contributed by atoms with van der Waals surface area (Å²) in [7, 11) is 0. The molecule has 1 aromatic carbocycles. The van der Waals surface area contributed by atoms with Gasteiger partial charge in [0.25, 0.3) is 0 Å². The molecule has 0 fully saturated rings. The van der Waals surface area contributed by atoms with Crippen molar-refractivity contribution in [3.8, 4) is 0 Å². The lowest BCUT2D eigenvalue weighted by atomic mass is 10.2. The molecule has 0 spiro atoms. The van der Waals surface area contributed by atoms with Gasteiger partial charge in [0.1, 0.15) is 0 Å². The highest BCUT2D eigenvalue weighted by Crippen LogP contribution is 2.25. The van der Waals surface area contributed by atoms with E-state index in [0.29, 0.717) is 0 Å². The molecule has 0 radical (unpaired) electrons. The van der Waals surface area contributed by atoms with Crippen molar-refractivity contribution in [2.24, 2.45) is 0 Å². The Morgan fingerprint density at radius 3 is 2.65 bits per heavy atom. The van der Waals surface area contributed by atoms with Gasteiger partial charge < -0.3 is 10.2 Å². The van der Waals surface area contributed by atoms with E-state index >= 15 is 0 Å². The lowest BCUT2D eigenvalue weighted by Crippen LogP contribution is -2.31. The van der Waals surface area contributed by atoms with Gasteiger partial charge in [-0.05, 0) is 40.6 Å². The summed E-state index contributed by atoms with van der Waals surface area (Å²) in [5.74, 6) is 0. The first kappa shape index (κ1) is 15.0. The van der Waals surface area contributed by atoms with Crippen LogP contribution in [-0.2, 0) is 6.54 Å². The van der Waals surface area contributed by atoms with Crippen LogP contribution in [0.15, 0.2) is 22.7 Å². The first-order valence-corrected chi connectivity index (χ1v) is 7.22. The maximum atomic E-state index is 6.19. The van der Waals surface area contributed by atoms with Crippen LogP contribution in [0.2, 0.25) is 5.02 Å². The fourth-order valence-electron chi connectivity index (χ4n) is 1.69. The third kappa shape index (κ3) is 4.96. The Kier molecular flexibility index (Phi) is 7.12. The molecule has 0 aliphatic carbocycles. The van der Waals surface area contributed by atoms with Crippen LogP contribution in [0.25, 0.3) is 0 Å². The van der Waals surface area contributed by atoms with Crippen molar-refractivity contribution in [1.29, 1.82) is 0 Å². The largest absolute Gasteiger partial charge is 0.311 e. The standard InChI is InChI=1S/C13H20BrClN2/c1-3-17(4-2)9-8-16-10-11-6-5-7-12(14)13(11)15/h5-7,16H,3-4,8-10H2,1-2H3. The topological polar surface area (TPSA) is 15.3 Å². The van der Waals surface area contributed by atoms with Crippen molar-refractivity contribution in [3.05, 3.63) is 33.3 Å². The molecular formula is C13H20BrClN2. The highest BCUT2D eigenvalue weighted by Gasteiger charge is 2.03. The molecule has 0 saturated heterocycles. The maximum Gasteiger partial charge on any atom is 0.0592 e. The number of nitrogens with zero attached hydrogens (tertiary/aromatic N) is 1. The minimum absolute atomic E-state index is 0.808. The van der Waals surface area contributed by atoms with Gasteiger partial charge in [-0.25, -0.2) is 0 Å². The third-order valence-electron chi connectivity index (χ3n) is 2.85. The fourth-order valence-corrected chi connectivity index (χ4v) is 2.29. The summed E-state index contributed by atoms with van der Waals surface area (Å²) < 4.78 is 0.960. The third-order valence-corrected chi connectivity index (χ3v) is 4.18. The van der Waals surface area contributed by atoms with E-state index in [2.05, 4.69) is 46.1 Å². The predicted octanol–water partition coefficient (Wildman–Crippen LogP) is 3.53. The van der Waals surface area contributed by atoms with Crippen LogP contribution < -0.4 is 5.32 Å². The molecule has 96 valence electrons. The Bertz CT molecular complexity index is 340. The van der Waals surface area contributed by atoms with Crippen molar-refractivity contribution in [1.82, 2.24) is 10.2 Å². The molecule has 0 aliphatic heterocycles. The molecule has 0 atom stereocenters. The molecule has 0 aliphatic rings. The molecule has 0 unspecified atom stereocenters. The van der Waals surface area contributed by atoms with E-state index in [1.165, 1.54) is 0 Å². The summed E-state index contributed by atoms with van der Waals surface area (Å²) in [4.78, 5) is 2.40. The monoisotopic (exact) mass is 318 g/mol. The van der Waals surface area contributed by atoms with E-state index in [1.807, 2.05) is 12.1 Å². The molecule has 2 nitrogen and oxygen atoms in total. The number of halogens is 2. The van der Waals surface area contributed by atoms with Crippen LogP contribution >= 0.6 is 27.5 Å². The summed E-state index contributed by atoms with van der Waals surface area (Å²) >= 11 is 9.62. The van der Waals surface area contributed by atoms with Gasteiger partial charge in [-0.15, -0.1) is 0 Å². The van der Waals surface area contributed by atoms with E-state index in [9.17, 15) is 0 Å². The molecule has 0 bridgehead atoms. The number of nitrogens with one attached hydrogen (secondary N) is 1. The Balaban J connectivity index is 2.33. The maximum absolute atomic E-state index is 6.19. The van der Waals surface area contributed by atoms with Gasteiger partial charge >= 0.3 is 0 Å².